The lowest BCUT2D eigenvalue weighted by atomic mass is 10.1. The standard InChI is InChI=1S/C10H9NO.ClH/c12-8-11-6-5-9-3-1-2-4-10(9)7-11;/h1-6,8H,7H2;1H. The lowest BCUT2D eigenvalue weighted by Crippen LogP contribution is -2.17. The average molecular weight is 196 g/mol. The van der Waals surface area contributed by atoms with E-state index in [0.717, 1.165) is 6.41 Å². The van der Waals surface area contributed by atoms with E-state index in [0.29, 0.717) is 6.54 Å². The highest BCUT2D eigenvalue weighted by Gasteiger charge is 2.07. The molecule has 1 aliphatic heterocycles. The second-order valence-electron chi connectivity index (χ2n) is 2.79. The zero-order valence-electron chi connectivity index (χ0n) is 7.01. The number of hydrogen-bond donors (Lipinski definition) is 0. The molecule has 1 heterocycles. The van der Waals surface area contributed by atoms with Crippen molar-refractivity contribution in [1.29, 1.82) is 0 Å². The Hall–Kier alpha value is -1.28. The lowest BCUT2D eigenvalue weighted by Gasteiger charge is -2.18. The van der Waals surface area contributed by atoms with E-state index in [1.807, 2.05) is 30.3 Å². The first-order chi connectivity index (χ1) is 5.90. The molecule has 0 aliphatic carbocycles. The Labute approximate surface area is 83.3 Å². The molecule has 13 heavy (non-hydrogen) atoms. The van der Waals surface area contributed by atoms with Crippen molar-refractivity contribution in [3.05, 3.63) is 41.6 Å². The van der Waals surface area contributed by atoms with Crippen molar-refractivity contribution < 1.29 is 4.79 Å². The molecule has 0 fully saturated rings. The number of amides is 1. The molecule has 2 rings (SSSR count). The molecule has 0 unspecified atom stereocenters. The van der Waals surface area contributed by atoms with Crippen molar-refractivity contribution in [2.24, 2.45) is 0 Å². The molecular weight excluding hydrogens is 186 g/mol. The summed E-state index contributed by atoms with van der Waals surface area (Å²) in [5, 5.41) is 0. The minimum Gasteiger partial charge on any atom is -0.317 e. The third-order valence-electron chi connectivity index (χ3n) is 1.99. The van der Waals surface area contributed by atoms with Gasteiger partial charge in [-0.05, 0) is 17.2 Å². The molecule has 0 radical (unpaired) electrons. The van der Waals surface area contributed by atoms with Gasteiger partial charge < -0.3 is 4.90 Å². The third-order valence-corrected chi connectivity index (χ3v) is 1.99. The Morgan fingerprint density at radius 2 is 2.08 bits per heavy atom. The summed E-state index contributed by atoms with van der Waals surface area (Å²) in [6, 6.07) is 8.07. The van der Waals surface area contributed by atoms with Gasteiger partial charge in [-0.25, -0.2) is 0 Å². The number of fused-ring (bicyclic) bond motifs is 1. The van der Waals surface area contributed by atoms with Gasteiger partial charge >= 0.3 is 0 Å². The normalized spacial score (nSPS) is 13.1. The van der Waals surface area contributed by atoms with Crippen molar-refractivity contribution in [1.82, 2.24) is 4.90 Å². The molecule has 2 nitrogen and oxygen atoms in total. The van der Waals surface area contributed by atoms with Crippen LogP contribution in [0.4, 0.5) is 0 Å². The molecule has 1 aromatic carbocycles. The highest BCUT2D eigenvalue weighted by Crippen LogP contribution is 2.17. The average Bonchev–Trinajstić information content (AvgIpc) is 2.17. The number of benzene rings is 1. The summed E-state index contributed by atoms with van der Waals surface area (Å²) >= 11 is 0. The highest BCUT2D eigenvalue weighted by atomic mass is 35.5. The van der Waals surface area contributed by atoms with E-state index >= 15 is 0 Å². The lowest BCUT2D eigenvalue weighted by molar-refractivity contribution is -0.116. The van der Waals surface area contributed by atoms with Crippen LogP contribution < -0.4 is 0 Å². The Balaban J connectivity index is 0.000000845. The van der Waals surface area contributed by atoms with Gasteiger partial charge in [-0.15, -0.1) is 12.4 Å². The molecule has 0 aromatic heterocycles. The van der Waals surface area contributed by atoms with Crippen molar-refractivity contribution >= 4 is 24.9 Å². The van der Waals surface area contributed by atoms with Crippen LogP contribution in [-0.2, 0) is 11.3 Å². The van der Waals surface area contributed by atoms with E-state index in [1.54, 1.807) is 11.1 Å². The van der Waals surface area contributed by atoms with Crippen LogP contribution in [0.1, 0.15) is 11.1 Å². The minimum atomic E-state index is 0. The van der Waals surface area contributed by atoms with E-state index in [4.69, 9.17) is 0 Å². The van der Waals surface area contributed by atoms with Crippen LogP contribution in [0.3, 0.4) is 0 Å². The summed E-state index contributed by atoms with van der Waals surface area (Å²) in [4.78, 5) is 12.1. The van der Waals surface area contributed by atoms with Gasteiger partial charge in [-0.3, -0.25) is 4.79 Å². The largest absolute Gasteiger partial charge is 0.317 e. The van der Waals surface area contributed by atoms with Gasteiger partial charge in [0.1, 0.15) is 0 Å². The van der Waals surface area contributed by atoms with E-state index in [2.05, 4.69) is 0 Å². The number of rotatable bonds is 1. The van der Waals surface area contributed by atoms with Crippen LogP contribution in [-0.4, -0.2) is 11.3 Å². The number of carbonyl (C=O) groups is 1. The van der Waals surface area contributed by atoms with Gasteiger partial charge in [-0.1, -0.05) is 24.3 Å². The highest BCUT2D eigenvalue weighted by molar-refractivity contribution is 5.85. The van der Waals surface area contributed by atoms with Gasteiger partial charge in [0.2, 0.25) is 6.41 Å². The first-order valence-electron chi connectivity index (χ1n) is 3.87. The Morgan fingerprint density at radius 1 is 1.31 bits per heavy atom. The molecule has 0 spiro atoms. The summed E-state index contributed by atoms with van der Waals surface area (Å²) in [5.41, 5.74) is 2.41. The van der Waals surface area contributed by atoms with E-state index in [1.165, 1.54) is 11.1 Å². The van der Waals surface area contributed by atoms with Crippen molar-refractivity contribution in [2.75, 3.05) is 0 Å². The molecule has 3 heteroatoms. The predicted molar refractivity (Wildman–Crippen MR) is 54.3 cm³/mol. The van der Waals surface area contributed by atoms with Crippen LogP contribution >= 0.6 is 12.4 Å². The number of nitrogens with zero attached hydrogens (tertiary/aromatic N) is 1. The van der Waals surface area contributed by atoms with E-state index in [9.17, 15) is 4.79 Å². The molecule has 68 valence electrons. The third kappa shape index (κ3) is 1.90. The Kier molecular flexibility index (Phi) is 3.09. The second-order valence-corrected chi connectivity index (χ2v) is 2.79. The smallest absolute Gasteiger partial charge is 0.213 e. The SMILES string of the molecule is Cl.O=CN1C=Cc2ccccc2C1. The molecule has 0 N–H and O–H groups in total. The molecule has 0 saturated heterocycles. The Morgan fingerprint density at radius 3 is 2.85 bits per heavy atom. The summed E-state index contributed by atoms with van der Waals surface area (Å²) < 4.78 is 0. The first-order valence-corrected chi connectivity index (χ1v) is 3.87. The quantitative estimate of drug-likeness (QED) is 0.629. The summed E-state index contributed by atoms with van der Waals surface area (Å²) in [7, 11) is 0. The number of hydrogen-bond acceptors (Lipinski definition) is 1. The van der Waals surface area contributed by atoms with Crippen molar-refractivity contribution in [3.63, 3.8) is 0 Å². The molecular formula is C10H10ClNO. The fourth-order valence-corrected chi connectivity index (χ4v) is 1.34. The predicted octanol–water partition coefficient (Wildman–Crippen LogP) is 2.05. The van der Waals surface area contributed by atoms with Crippen LogP contribution in [0.2, 0.25) is 0 Å². The zero-order valence-corrected chi connectivity index (χ0v) is 7.83. The maximum atomic E-state index is 10.4. The second kappa shape index (κ2) is 4.10. The van der Waals surface area contributed by atoms with E-state index < -0.39 is 0 Å². The fraction of sp³-hybridized carbons (Fsp3) is 0.100. The molecule has 0 saturated carbocycles. The molecule has 1 aliphatic rings. The number of carbonyl (C=O) groups excluding carboxylic acids is 1. The van der Waals surface area contributed by atoms with Crippen LogP contribution in [0.25, 0.3) is 6.08 Å². The van der Waals surface area contributed by atoms with E-state index in [-0.39, 0.29) is 12.4 Å². The maximum Gasteiger partial charge on any atom is 0.213 e. The van der Waals surface area contributed by atoms with Crippen LogP contribution in [0.5, 0.6) is 0 Å². The van der Waals surface area contributed by atoms with Crippen molar-refractivity contribution in [2.45, 2.75) is 6.54 Å². The Bertz CT molecular complexity index is 335. The maximum absolute atomic E-state index is 10.4. The van der Waals surface area contributed by atoms with Crippen LogP contribution in [0, 0.1) is 0 Å². The van der Waals surface area contributed by atoms with Crippen molar-refractivity contribution in [3.8, 4) is 0 Å². The van der Waals surface area contributed by atoms with Gasteiger partial charge in [-0.2, -0.15) is 0 Å². The molecule has 1 aromatic rings. The molecule has 0 bridgehead atoms. The van der Waals surface area contributed by atoms with Gasteiger partial charge in [0, 0.05) is 6.20 Å². The summed E-state index contributed by atoms with van der Waals surface area (Å²) in [6.45, 7) is 0.691. The van der Waals surface area contributed by atoms with Gasteiger partial charge in [0.05, 0.1) is 6.54 Å². The van der Waals surface area contributed by atoms with Crippen LogP contribution in [0.15, 0.2) is 30.5 Å². The fourth-order valence-electron chi connectivity index (χ4n) is 1.34. The van der Waals surface area contributed by atoms with Gasteiger partial charge in [0.15, 0.2) is 0 Å². The summed E-state index contributed by atoms with van der Waals surface area (Å²) in [6.07, 6.45) is 4.59. The zero-order chi connectivity index (χ0) is 8.39. The first kappa shape index (κ1) is 9.81. The summed E-state index contributed by atoms with van der Waals surface area (Å²) in [5.74, 6) is 0. The monoisotopic (exact) mass is 195 g/mol. The minimum absolute atomic E-state index is 0. The van der Waals surface area contributed by atoms with Gasteiger partial charge in [0.25, 0.3) is 0 Å². The topological polar surface area (TPSA) is 20.3 Å². The number of halogens is 1. The molecule has 1 amide bonds. The molecule has 0 atom stereocenters.